The molecule has 1 unspecified atom stereocenters. The first kappa shape index (κ1) is 23.8. The van der Waals surface area contributed by atoms with Gasteiger partial charge in [-0.2, -0.15) is 0 Å². The number of nitrogens with two attached hydrogens (primary N) is 1. The molecule has 1 atom stereocenters. The highest BCUT2D eigenvalue weighted by molar-refractivity contribution is 4.82. The van der Waals surface area contributed by atoms with Gasteiger partial charge in [-0.25, -0.2) is 0 Å². The van der Waals surface area contributed by atoms with Gasteiger partial charge in [0.05, 0.1) is 39.6 Å². The second kappa shape index (κ2) is 16.3. The summed E-state index contributed by atoms with van der Waals surface area (Å²) in [6.07, 6.45) is 7.39. The van der Waals surface area contributed by atoms with Crippen molar-refractivity contribution in [3.8, 4) is 0 Å². The normalized spacial score (nSPS) is 13.4. The second-order valence-electron chi connectivity index (χ2n) is 6.99. The van der Waals surface area contributed by atoms with Gasteiger partial charge in [0, 0.05) is 19.3 Å². The van der Waals surface area contributed by atoms with Crippen molar-refractivity contribution < 1.29 is 18.9 Å². The second-order valence-corrected chi connectivity index (χ2v) is 6.99. The molecule has 24 heavy (non-hydrogen) atoms. The first-order valence-corrected chi connectivity index (χ1v) is 9.53. The van der Waals surface area contributed by atoms with E-state index in [0.717, 1.165) is 13.0 Å². The summed E-state index contributed by atoms with van der Waals surface area (Å²) in [6, 6.07) is 0. The van der Waals surface area contributed by atoms with Gasteiger partial charge in [-0.1, -0.05) is 32.6 Å². The quantitative estimate of drug-likeness (QED) is 0.385. The summed E-state index contributed by atoms with van der Waals surface area (Å²) in [6.45, 7) is 10.9. The Kier molecular flexibility index (Phi) is 16.1. The van der Waals surface area contributed by atoms with Crippen molar-refractivity contribution in [2.75, 3.05) is 53.4 Å². The van der Waals surface area contributed by atoms with Gasteiger partial charge in [-0.15, -0.1) is 0 Å². The fraction of sp³-hybridized carbons (Fsp3) is 1.00. The maximum atomic E-state index is 6.32. The van der Waals surface area contributed by atoms with Crippen LogP contribution in [0.5, 0.6) is 0 Å². The summed E-state index contributed by atoms with van der Waals surface area (Å²) in [5, 5.41) is 0. The van der Waals surface area contributed by atoms with Crippen molar-refractivity contribution in [2.24, 2.45) is 11.7 Å². The van der Waals surface area contributed by atoms with Crippen LogP contribution in [0.2, 0.25) is 0 Å². The number of ether oxygens (including phenoxy) is 4. The fourth-order valence-electron chi connectivity index (χ4n) is 2.62. The predicted molar refractivity (Wildman–Crippen MR) is 99.5 cm³/mol. The molecule has 0 aliphatic carbocycles. The van der Waals surface area contributed by atoms with Crippen LogP contribution in [-0.4, -0.2) is 58.9 Å². The Balaban J connectivity index is 3.55. The van der Waals surface area contributed by atoms with Crippen LogP contribution in [0, 0.1) is 5.92 Å². The van der Waals surface area contributed by atoms with E-state index in [0.29, 0.717) is 45.6 Å². The SMILES string of the molecule is CCCCCCC(CCOCCOCCOCCOC)C(C)(C)N. The topological polar surface area (TPSA) is 62.9 Å². The average Bonchev–Trinajstić information content (AvgIpc) is 2.53. The van der Waals surface area contributed by atoms with Gasteiger partial charge < -0.3 is 24.7 Å². The maximum absolute atomic E-state index is 6.32. The molecule has 0 aromatic carbocycles. The van der Waals surface area contributed by atoms with Crippen LogP contribution >= 0.6 is 0 Å². The molecular weight excluding hydrogens is 306 g/mol. The Morgan fingerprint density at radius 1 is 0.750 bits per heavy atom. The summed E-state index contributed by atoms with van der Waals surface area (Å²) in [5.41, 5.74) is 6.19. The summed E-state index contributed by atoms with van der Waals surface area (Å²) in [7, 11) is 1.67. The van der Waals surface area contributed by atoms with Crippen LogP contribution in [0.15, 0.2) is 0 Å². The average molecular weight is 348 g/mol. The van der Waals surface area contributed by atoms with Crippen LogP contribution in [-0.2, 0) is 18.9 Å². The molecule has 5 heteroatoms. The summed E-state index contributed by atoms with van der Waals surface area (Å²) in [5.74, 6) is 0.518. The Hall–Kier alpha value is -0.200. The molecule has 0 aromatic rings. The van der Waals surface area contributed by atoms with Gasteiger partial charge in [-0.3, -0.25) is 0 Å². The van der Waals surface area contributed by atoms with Crippen molar-refractivity contribution in [1.82, 2.24) is 0 Å². The van der Waals surface area contributed by atoms with Gasteiger partial charge >= 0.3 is 0 Å². The molecule has 146 valence electrons. The third-order valence-corrected chi connectivity index (χ3v) is 4.24. The standard InChI is InChI=1S/C19H41NO4/c1-5-6-7-8-9-18(19(2,3)20)10-11-22-14-15-24-17-16-23-13-12-21-4/h18H,5-17,20H2,1-4H3. The smallest absolute Gasteiger partial charge is 0.0701 e. The first-order valence-electron chi connectivity index (χ1n) is 9.53. The Labute approximate surface area is 149 Å². The number of methoxy groups -OCH3 is 1. The van der Waals surface area contributed by atoms with Gasteiger partial charge in [0.1, 0.15) is 0 Å². The zero-order valence-electron chi connectivity index (χ0n) is 16.5. The van der Waals surface area contributed by atoms with Crippen LogP contribution in [0.1, 0.15) is 59.3 Å². The molecule has 0 aliphatic heterocycles. The third kappa shape index (κ3) is 15.3. The monoisotopic (exact) mass is 347 g/mol. The van der Waals surface area contributed by atoms with E-state index in [-0.39, 0.29) is 5.54 Å². The molecular formula is C19H41NO4. The number of rotatable bonds is 18. The molecule has 0 saturated carbocycles. The molecule has 5 nitrogen and oxygen atoms in total. The minimum atomic E-state index is -0.133. The van der Waals surface area contributed by atoms with Gasteiger partial charge in [0.15, 0.2) is 0 Å². The van der Waals surface area contributed by atoms with E-state index in [9.17, 15) is 0 Å². The highest BCUT2D eigenvalue weighted by Gasteiger charge is 2.24. The van der Waals surface area contributed by atoms with Crippen molar-refractivity contribution in [3.63, 3.8) is 0 Å². The summed E-state index contributed by atoms with van der Waals surface area (Å²) >= 11 is 0. The number of hydrogen-bond donors (Lipinski definition) is 1. The van der Waals surface area contributed by atoms with Crippen molar-refractivity contribution in [2.45, 2.75) is 64.8 Å². The molecule has 0 aromatic heterocycles. The Morgan fingerprint density at radius 2 is 1.29 bits per heavy atom. The van der Waals surface area contributed by atoms with Crippen molar-refractivity contribution in [1.29, 1.82) is 0 Å². The van der Waals surface area contributed by atoms with E-state index < -0.39 is 0 Å². The van der Waals surface area contributed by atoms with E-state index in [1.165, 1.54) is 32.1 Å². The molecule has 0 spiro atoms. The Bertz CT molecular complexity index is 256. The van der Waals surface area contributed by atoms with E-state index in [1.54, 1.807) is 7.11 Å². The zero-order valence-corrected chi connectivity index (χ0v) is 16.5. The molecule has 0 heterocycles. The fourth-order valence-corrected chi connectivity index (χ4v) is 2.62. The van der Waals surface area contributed by atoms with Crippen LogP contribution in [0.4, 0.5) is 0 Å². The lowest BCUT2D eigenvalue weighted by molar-refractivity contribution is 0.00103. The molecule has 0 fully saturated rings. The summed E-state index contributed by atoms with van der Waals surface area (Å²) in [4.78, 5) is 0. The molecule has 0 saturated heterocycles. The first-order chi connectivity index (χ1) is 11.5. The minimum absolute atomic E-state index is 0.133. The lowest BCUT2D eigenvalue weighted by atomic mass is 9.82. The summed E-state index contributed by atoms with van der Waals surface area (Å²) < 4.78 is 21.4. The minimum Gasteiger partial charge on any atom is -0.382 e. The van der Waals surface area contributed by atoms with E-state index in [4.69, 9.17) is 24.7 Å². The number of unbranched alkanes of at least 4 members (excludes halogenated alkanes) is 3. The molecule has 2 N–H and O–H groups in total. The lowest BCUT2D eigenvalue weighted by Gasteiger charge is -2.30. The lowest BCUT2D eigenvalue weighted by Crippen LogP contribution is -2.41. The molecule has 0 bridgehead atoms. The Morgan fingerprint density at radius 3 is 1.79 bits per heavy atom. The number of hydrogen-bond acceptors (Lipinski definition) is 5. The van der Waals surface area contributed by atoms with Crippen molar-refractivity contribution >= 4 is 0 Å². The van der Waals surface area contributed by atoms with E-state index in [2.05, 4.69) is 20.8 Å². The van der Waals surface area contributed by atoms with Crippen LogP contribution < -0.4 is 5.73 Å². The predicted octanol–water partition coefficient (Wildman–Crippen LogP) is 3.40. The highest BCUT2D eigenvalue weighted by atomic mass is 16.6. The van der Waals surface area contributed by atoms with Gasteiger partial charge in [0.25, 0.3) is 0 Å². The third-order valence-electron chi connectivity index (χ3n) is 4.24. The van der Waals surface area contributed by atoms with Crippen LogP contribution in [0.25, 0.3) is 0 Å². The van der Waals surface area contributed by atoms with Crippen molar-refractivity contribution in [3.05, 3.63) is 0 Å². The maximum Gasteiger partial charge on any atom is 0.0701 e. The molecule has 0 amide bonds. The van der Waals surface area contributed by atoms with E-state index >= 15 is 0 Å². The van der Waals surface area contributed by atoms with Crippen LogP contribution in [0.3, 0.4) is 0 Å². The largest absolute Gasteiger partial charge is 0.382 e. The van der Waals surface area contributed by atoms with Gasteiger partial charge in [0.2, 0.25) is 0 Å². The van der Waals surface area contributed by atoms with E-state index in [1.807, 2.05) is 0 Å². The van der Waals surface area contributed by atoms with Gasteiger partial charge in [-0.05, 0) is 32.6 Å². The molecule has 0 radical (unpaired) electrons. The molecule has 0 rings (SSSR count). The molecule has 0 aliphatic rings. The highest BCUT2D eigenvalue weighted by Crippen LogP contribution is 2.24. The zero-order chi connectivity index (χ0) is 18.1.